The van der Waals surface area contributed by atoms with Crippen LogP contribution in [0.3, 0.4) is 0 Å². The van der Waals surface area contributed by atoms with E-state index in [0.29, 0.717) is 0 Å². The molecule has 102 valence electrons. The van der Waals surface area contributed by atoms with E-state index in [1.54, 1.807) is 0 Å². The number of rotatable bonds is 0. The largest absolute Gasteiger partial charge is 3.00 e. The normalized spacial score (nSPS) is 11.1. The molecular formula is H6O12P3Rh. The topological polar surface area (TPSA) is 242 Å². The molecule has 0 aliphatic heterocycles. The van der Waals surface area contributed by atoms with Gasteiger partial charge in [0, 0.05) is 0 Å². The van der Waals surface area contributed by atoms with Gasteiger partial charge in [-0.25, -0.2) is 0 Å². The molecule has 0 saturated heterocycles. The van der Waals surface area contributed by atoms with Crippen molar-refractivity contribution in [3.63, 3.8) is 0 Å². The van der Waals surface area contributed by atoms with Crippen LogP contribution in [-0.2, 0) is 33.2 Å². The Morgan fingerprint density at radius 1 is 0.562 bits per heavy atom. The molecule has 0 atom stereocenters. The maximum Gasteiger partial charge on any atom is 3.00 e. The fourth-order valence-corrected chi connectivity index (χ4v) is 0. The average Bonchev–Trinajstić information content (AvgIpc) is 1.41. The minimum Gasteiger partial charge on any atom is -0.756 e. The fraction of sp³-hybridized carbons (Fsp3) is 0. The Kier molecular flexibility index (Phi) is 16.0. The summed E-state index contributed by atoms with van der Waals surface area (Å²) in [5.74, 6) is 0. The second kappa shape index (κ2) is 9.93. The van der Waals surface area contributed by atoms with Crippen molar-refractivity contribution in [1.29, 1.82) is 0 Å². The number of hydrogen-bond donors (Lipinski definition) is 6. The second-order valence-corrected chi connectivity index (χ2v) is 4.42. The van der Waals surface area contributed by atoms with Gasteiger partial charge in [-0.2, -0.15) is 0 Å². The van der Waals surface area contributed by atoms with Gasteiger partial charge in [-0.1, -0.05) is 0 Å². The van der Waals surface area contributed by atoms with Crippen molar-refractivity contribution in [2.75, 3.05) is 0 Å². The quantitative estimate of drug-likeness (QED) is 0.168. The minimum absolute atomic E-state index is 0. The first-order chi connectivity index (χ1) is 6.00. The van der Waals surface area contributed by atoms with E-state index in [9.17, 15) is 0 Å². The van der Waals surface area contributed by atoms with Gasteiger partial charge in [0.25, 0.3) is 23.5 Å². The van der Waals surface area contributed by atoms with Gasteiger partial charge in [-0.3, -0.25) is 13.7 Å². The third kappa shape index (κ3) is 3200. The van der Waals surface area contributed by atoms with Crippen LogP contribution in [0.5, 0.6) is 0 Å². The van der Waals surface area contributed by atoms with Crippen LogP contribution in [0.2, 0.25) is 0 Å². The molecule has 0 unspecified atom stereocenters. The van der Waals surface area contributed by atoms with Crippen molar-refractivity contribution in [3.8, 4) is 0 Å². The van der Waals surface area contributed by atoms with Gasteiger partial charge >= 0.3 is 19.5 Å². The Labute approximate surface area is 101 Å². The number of phosphoric acid groups is 3. The van der Waals surface area contributed by atoms with E-state index in [2.05, 4.69) is 0 Å². The molecule has 0 aromatic carbocycles. The van der Waals surface area contributed by atoms with E-state index in [4.69, 9.17) is 57.7 Å². The Morgan fingerprint density at radius 2 is 0.562 bits per heavy atom. The molecule has 0 spiro atoms. The van der Waals surface area contributed by atoms with E-state index in [0.717, 1.165) is 0 Å². The zero-order valence-corrected chi connectivity index (χ0v) is 11.1. The zero-order chi connectivity index (χ0) is 13.5. The Bertz CT molecular complexity index is 202. The van der Waals surface area contributed by atoms with Gasteiger partial charge in [0.05, 0.1) is 0 Å². The van der Waals surface area contributed by atoms with E-state index in [-0.39, 0.29) is 19.5 Å². The van der Waals surface area contributed by atoms with E-state index in [1.807, 2.05) is 0 Å². The first kappa shape index (κ1) is 25.7. The van der Waals surface area contributed by atoms with Crippen LogP contribution in [0.25, 0.3) is 0 Å². The van der Waals surface area contributed by atoms with Crippen LogP contribution >= 0.6 is 23.5 Å². The van der Waals surface area contributed by atoms with Crippen molar-refractivity contribution in [1.82, 2.24) is 0 Å². The van der Waals surface area contributed by atoms with E-state index < -0.39 is 23.5 Å². The van der Waals surface area contributed by atoms with Crippen LogP contribution in [0.1, 0.15) is 0 Å². The Morgan fingerprint density at radius 3 is 0.562 bits per heavy atom. The minimum atomic E-state index is -4.89. The molecule has 0 heterocycles. The molecule has 6 N–H and O–H groups in total. The molecular weight excluding hydrogens is 388 g/mol. The van der Waals surface area contributed by atoms with Gasteiger partial charge < -0.3 is 44.0 Å². The summed E-state index contributed by atoms with van der Waals surface area (Å²) in [5, 5.41) is 0. The summed E-state index contributed by atoms with van der Waals surface area (Å²) in [6, 6.07) is 0. The molecule has 0 aromatic heterocycles. The fourth-order valence-electron chi connectivity index (χ4n) is 0. The summed E-state index contributed by atoms with van der Waals surface area (Å²) in [6.45, 7) is 0. The van der Waals surface area contributed by atoms with Gasteiger partial charge in [-0.15, -0.1) is 0 Å². The van der Waals surface area contributed by atoms with Crippen molar-refractivity contribution < 1.29 is 77.2 Å². The molecule has 0 radical (unpaired) electrons. The van der Waals surface area contributed by atoms with Gasteiger partial charge in [0.2, 0.25) is 0 Å². The predicted octanol–water partition coefficient (Wildman–Crippen LogP) is -4.68. The van der Waals surface area contributed by atoms with E-state index >= 15 is 0 Å². The van der Waals surface area contributed by atoms with Crippen molar-refractivity contribution >= 4 is 23.5 Å². The summed E-state index contributed by atoms with van der Waals surface area (Å²) < 4.78 is 26.3. The van der Waals surface area contributed by atoms with Gasteiger partial charge in [-0.05, 0) is 0 Å². The Balaban J connectivity index is -0.0000000655. The summed E-state index contributed by atoms with van der Waals surface area (Å²) in [5.41, 5.74) is 0. The third-order valence-electron chi connectivity index (χ3n) is 0. The maximum atomic E-state index is 8.77. The SMILES string of the molecule is O=P([O-])(O)O.O=P([O-])(O)O.O=P([O-])(O)O.[Rh+3]. The molecule has 0 bridgehead atoms. The smallest absolute Gasteiger partial charge is 0.756 e. The predicted molar refractivity (Wildman–Crippen MR) is 36.1 cm³/mol. The van der Waals surface area contributed by atoms with Crippen LogP contribution in [-0.4, -0.2) is 29.4 Å². The van der Waals surface area contributed by atoms with Crippen LogP contribution in [0.4, 0.5) is 0 Å². The molecule has 0 rings (SSSR count). The molecule has 0 aromatic rings. The van der Waals surface area contributed by atoms with Crippen LogP contribution < -0.4 is 14.7 Å². The summed E-state index contributed by atoms with van der Waals surface area (Å²) in [4.78, 5) is 68.8. The van der Waals surface area contributed by atoms with E-state index in [1.165, 1.54) is 0 Å². The summed E-state index contributed by atoms with van der Waals surface area (Å²) in [6.07, 6.45) is 0. The van der Waals surface area contributed by atoms with Gasteiger partial charge in [0.15, 0.2) is 0 Å². The monoisotopic (exact) mass is 394 g/mol. The standard InChI is InChI=1S/3H3O4P.Rh/c3*1-5(2,3)4;/h3*(H3,1,2,3,4);/q;;;+3/p-3. The van der Waals surface area contributed by atoms with Gasteiger partial charge in [0.1, 0.15) is 0 Å². The number of hydrogen-bond acceptors (Lipinski definition) is 6. The molecule has 0 saturated carbocycles. The second-order valence-electron chi connectivity index (χ2n) is 1.47. The molecule has 0 aliphatic carbocycles. The molecule has 16 heavy (non-hydrogen) atoms. The Hall–Kier alpha value is 0.953. The summed E-state index contributed by atoms with van der Waals surface area (Å²) >= 11 is 0. The first-order valence-electron chi connectivity index (χ1n) is 2.30. The van der Waals surface area contributed by atoms with Crippen molar-refractivity contribution in [2.24, 2.45) is 0 Å². The average molecular weight is 394 g/mol. The van der Waals surface area contributed by atoms with Crippen LogP contribution in [0.15, 0.2) is 0 Å². The van der Waals surface area contributed by atoms with Crippen molar-refractivity contribution in [3.05, 3.63) is 0 Å². The molecule has 0 fully saturated rings. The molecule has 16 heteroatoms. The molecule has 12 nitrogen and oxygen atoms in total. The molecule has 0 amide bonds. The summed E-state index contributed by atoms with van der Waals surface area (Å²) in [7, 11) is -14.7. The van der Waals surface area contributed by atoms with Crippen molar-refractivity contribution in [2.45, 2.75) is 0 Å². The third-order valence-corrected chi connectivity index (χ3v) is 0. The molecule has 0 aliphatic rings. The van der Waals surface area contributed by atoms with Crippen LogP contribution in [0, 0.1) is 0 Å². The maximum absolute atomic E-state index is 8.77. The first-order valence-corrected chi connectivity index (χ1v) is 6.89. The zero-order valence-electron chi connectivity index (χ0n) is 6.81.